The zero-order valence-electron chi connectivity index (χ0n) is 24.7. The van der Waals surface area contributed by atoms with Crippen LogP contribution < -0.4 is 9.47 Å². The zero-order valence-corrected chi connectivity index (χ0v) is 25.5. The summed E-state index contributed by atoms with van der Waals surface area (Å²) in [6, 6.07) is 15.4. The van der Waals surface area contributed by atoms with Crippen LogP contribution >= 0.6 is 11.3 Å². The summed E-state index contributed by atoms with van der Waals surface area (Å²) < 4.78 is 13.1. The van der Waals surface area contributed by atoms with Crippen LogP contribution in [0.25, 0.3) is 33.2 Å². The molecule has 1 atom stereocenters. The highest BCUT2D eigenvalue weighted by Crippen LogP contribution is 2.33. The topological polar surface area (TPSA) is 114 Å². The van der Waals surface area contributed by atoms with Crippen LogP contribution in [-0.4, -0.2) is 79.0 Å². The van der Waals surface area contributed by atoms with Gasteiger partial charge in [-0.05, 0) is 31.2 Å². The molecule has 0 bridgehead atoms. The third-order valence-corrected chi connectivity index (χ3v) is 8.91. The van der Waals surface area contributed by atoms with Crippen molar-refractivity contribution in [3.05, 3.63) is 83.0 Å². The van der Waals surface area contributed by atoms with E-state index < -0.39 is 0 Å². The zero-order chi connectivity index (χ0) is 30.2. The molecular formula is C32H32N8O3S. The van der Waals surface area contributed by atoms with Gasteiger partial charge in [0.15, 0.2) is 0 Å². The summed E-state index contributed by atoms with van der Waals surface area (Å²) in [6.45, 7) is 4.71. The fourth-order valence-electron chi connectivity index (χ4n) is 5.90. The van der Waals surface area contributed by atoms with Gasteiger partial charge in [0.25, 0.3) is 0 Å². The van der Waals surface area contributed by atoms with Gasteiger partial charge < -0.3 is 23.9 Å². The number of thiazole rings is 1. The highest BCUT2D eigenvalue weighted by molar-refractivity contribution is 7.09. The van der Waals surface area contributed by atoms with Gasteiger partial charge in [-0.2, -0.15) is 0 Å². The number of methoxy groups -OCH3 is 2. The van der Waals surface area contributed by atoms with Crippen molar-refractivity contribution in [1.29, 1.82) is 0 Å². The molecule has 0 radical (unpaired) electrons. The van der Waals surface area contributed by atoms with E-state index in [0.29, 0.717) is 24.8 Å². The lowest BCUT2D eigenvalue weighted by Gasteiger charge is -2.40. The van der Waals surface area contributed by atoms with E-state index in [9.17, 15) is 4.79 Å². The molecule has 224 valence electrons. The molecule has 1 aliphatic heterocycles. The largest absolute Gasteiger partial charge is 0.497 e. The first-order valence-electron chi connectivity index (χ1n) is 14.4. The average Bonchev–Trinajstić information content (AvgIpc) is 3.81. The number of ether oxygens (including phenoxy) is 2. The number of piperazine rings is 1. The third-order valence-electron chi connectivity index (χ3n) is 8.15. The fourth-order valence-corrected chi connectivity index (χ4v) is 6.56. The number of aromatic amines is 1. The van der Waals surface area contributed by atoms with E-state index in [-0.39, 0.29) is 18.5 Å². The van der Waals surface area contributed by atoms with Crippen molar-refractivity contribution in [2.45, 2.75) is 26.1 Å². The summed E-state index contributed by atoms with van der Waals surface area (Å²) in [6.07, 6.45) is 3.62. The Balaban J connectivity index is 1.22. The predicted octanol–water partition coefficient (Wildman–Crippen LogP) is 4.84. The lowest BCUT2D eigenvalue weighted by molar-refractivity contribution is -0.137. The first kappa shape index (κ1) is 28.0. The molecular weight excluding hydrogens is 576 g/mol. The number of rotatable bonds is 8. The monoisotopic (exact) mass is 608 g/mol. The molecule has 1 N–H and O–H groups in total. The minimum atomic E-state index is -0.297. The minimum Gasteiger partial charge on any atom is -0.497 e. The maximum atomic E-state index is 14.1. The van der Waals surface area contributed by atoms with Gasteiger partial charge >= 0.3 is 0 Å². The Morgan fingerprint density at radius 3 is 2.75 bits per heavy atom. The number of nitrogens with zero attached hydrogens (tertiary/aromatic N) is 7. The Morgan fingerprint density at radius 2 is 1.93 bits per heavy atom. The molecule has 0 aliphatic carbocycles. The second kappa shape index (κ2) is 11.7. The molecule has 0 unspecified atom stereocenters. The number of aryl methyl sites for hydroxylation is 1. The van der Waals surface area contributed by atoms with E-state index in [1.54, 1.807) is 31.8 Å². The molecule has 1 saturated heterocycles. The van der Waals surface area contributed by atoms with Gasteiger partial charge in [-0.15, -0.1) is 11.3 Å². The highest BCUT2D eigenvalue weighted by atomic mass is 32.1. The van der Waals surface area contributed by atoms with Crippen molar-refractivity contribution in [1.82, 2.24) is 39.3 Å². The van der Waals surface area contributed by atoms with Crippen LogP contribution in [0.2, 0.25) is 0 Å². The molecule has 44 heavy (non-hydrogen) atoms. The summed E-state index contributed by atoms with van der Waals surface area (Å²) in [5.74, 6) is 2.72. The predicted molar refractivity (Wildman–Crippen MR) is 169 cm³/mol. The number of imidazole rings is 2. The summed E-state index contributed by atoms with van der Waals surface area (Å²) >= 11 is 1.64. The van der Waals surface area contributed by atoms with Crippen molar-refractivity contribution in [2.75, 3.05) is 33.9 Å². The molecule has 6 aromatic rings. The van der Waals surface area contributed by atoms with Gasteiger partial charge in [0, 0.05) is 42.7 Å². The Kier molecular flexibility index (Phi) is 7.44. The molecule has 7 rings (SSSR count). The lowest BCUT2D eigenvalue weighted by atomic mass is 10.1. The summed E-state index contributed by atoms with van der Waals surface area (Å²) in [5, 5.41) is 4.04. The van der Waals surface area contributed by atoms with Crippen molar-refractivity contribution in [3.8, 4) is 22.9 Å². The molecule has 4 aromatic heterocycles. The van der Waals surface area contributed by atoms with Gasteiger partial charge in [-0.1, -0.05) is 18.2 Å². The Bertz CT molecular complexity index is 1950. The van der Waals surface area contributed by atoms with E-state index in [1.165, 1.54) is 0 Å². The average molecular weight is 609 g/mol. The molecule has 0 spiro atoms. The number of para-hydroxylation sites is 1. The highest BCUT2D eigenvalue weighted by Gasteiger charge is 2.34. The number of nitrogens with one attached hydrogen (secondary N) is 1. The van der Waals surface area contributed by atoms with Gasteiger partial charge in [0.1, 0.15) is 35.0 Å². The van der Waals surface area contributed by atoms with Crippen LogP contribution in [0.15, 0.2) is 66.3 Å². The van der Waals surface area contributed by atoms with E-state index in [1.807, 2.05) is 70.4 Å². The molecule has 0 saturated carbocycles. The number of aromatic nitrogens is 6. The third kappa shape index (κ3) is 5.26. The summed E-state index contributed by atoms with van der Waals surface area (Å²) in [5.41, 5.74) is 4.14. The van der Waals surface area contributed by atoms with E-state index in [4.69, 9.17) is 19.4 Å². The molecule has 1 aliphatic rings. The minimum absolute atomic E-state index is 0.00276. The lowest BCUT2D eigenvalue weighted by Crippen LogP contribution is -2.51. The number of hydrogen-bond acceptors (Lipinski definition) is 9. The Hall–Kier alpha value is -4.81. The number of pyridine rings is 1. The Morgan fingerprint density at radius 1 is 1.05 bits per heavy atom. The SMILES string of the molecule is COc1ccc2nc(C)n(CC(=O)N3CCN(Cc4nccs4)C[C@H]3c3ncc(-c4cc5ccccc5nc4OC)[nH]3)c2c1. The summed E-state index contributed by atoms with van der Waals surface area (Å²) in [4.78, 5) is 40.6. The van der Waals surface area contributed by atoms with E-state index in [0.717, 1.165) is 62.9 Å². The van der Waals surface area contributed by atoms with E-state index in [2.05, 4.69) is 25.9 Å². The maximum Gasteiger partial charge on any atom is 0.243 e. The van der Waals surface area contributed by atoms with Gasteiger partial charge in [0.2, 0.25) is 11.8 Å². The van der Waals surface area contributed by atoms with Crippen molar-refractivity contribution in [3.63, 3.8) is 0 Å². The first-order valence-corrected chi connectivity index (χ1v) is 15.3. The van der Waals surface area contributed by atoms with Crippen LogP contribution in [0.3, 0.4) is 0 Å². The number of benzene rings is 2. The molecule has 2 aromatic carbocycles. The molecule has 12 heteroatoms. The maximum absolute atomic E-state index is 14.1. The quantitative estimate of drug-likeness (QED) is 0.261. The summed E-state index contributed by atoms with van der Waals surface area (Å²) in [7, 11) is 3.25. The molecule has 11 nitrogen and oxygen atoms in total. The number of fused-ring (bicyclic) bond motifs is 2. The number of carbonyl (C=O) groups excluding carboxylic acids is 1. The number of hydrogen-bond donors (Lipinski definition) is 1. The van der Waals surface area contributed by atoms with Crippen LogP contribution in [0, 0.1) is 6.92 Å². The van der Waals surface area contributed by atoms with E-state index >= 15 is 0 Å². The number of carbonyl (C=O) groups is 1. The van der Waals surface area contributed by atoms with Crippen molar-refractivity contribution < 1.29 is 14.3 Å². The number of amides is 1. The smallest absolute Gasteiger partial charge is 0.243 e. The van der Waals surface area contributed by atoms with Crippen LogP contribution in [0.4, 0.5) is 0 Å². The fraction of sp³-hybridized carbons (Fsp3) is 0.281. The second-order valence-corrected chi connectivity index (χ2v) is 11.8. The van der Waals surface area contributed by atoms with Crippen LogP contribution in [0.1, 0.15) is 22.7 Å². The van der Waals surface area contributed by atoms with Crippen LogP contribution in [-0.2, 0) is 17.9 Å². The standard InChI is InChI=1S/C32H32N8O3S/c1-20-35-25-9-8-22(42-2)15-27(25)40(20)19-30(41)39-12-11-38(18-29-33-10-13-44-29)17-28(39)31-34-16-26(36-31)23-14-21-6-4-5-7-24(21)37-32(23)43-3/h4-10,13-16,28H,11-12,17-19H2,1-3H3,(H,34,36)/t28-/m0/s1. The number of H-pyrrole nitrogens is 1. The molecule has 1 fully saturated rings. The van der Waals surface area contributed by atoms with Gasteiger partial charge in [-0.3, -0.25) is 9.69 Å². The normalized spacial score (nSPS) is 15.7. The van der Waals surface area contributed by atoms with Gasteiger partial charge in [-0.25, -0.2) is 19.9 Å². The van der Waals surface area contributed by atoms with Crippen molar-refractivity contribution >= 4 is 39.2 Å². The second-order valence-electron chi connectivity index (χ2n) is 10.8. The first-order chi connectivity index (χ1) is 21.5. The van der Waals surface area contributed by atoms with Crippen LogP contribution in [0.5, 0.6) is 11.6 Å². The Labute approximate surface area is 258 Å². The van der Waals surface area contributed by atoms with Crippen molar-refractivity contribution in [2.24, 2.45) is 0 Å². The van der Waals surface area contributed by atoms with Gasteiger partial charge in [0.05, 0.1) is 54.8 Å². The molecule has 1 amide bonds. The molecule has 5 heterocycles.